The third kappa shape index (κ3) is 4.27. The number of nitrogens with zero attached hydrogens (tertiary/aromatic N) is 2. The Balaban J connectivity index is 1.34. The van der Waals surface area contributed by atoms with Gasteiger partial charge >= 0.3 is 0 Å². The van der Waals surface area contributed by atoms with Crippen molar-refractivity contribution >= 4 is 40.2 Å². The van der Waals surface area contributed by atoms with Crippen LogP contribution in [0.25, 0.3) is 11.1 Å². The lowest BCUT2D eigenvalue weighted by molar-refractivity contribution is 0.0735. The number of fused-ring (bicyclic) bond motifs is 2. The zero-order chi connectivity index (χ0) is 23.8. The molecule has 0 bridgehead atoms. The topological polar surface area (TPSA) is 95.7 Å². The Kier molecular flexibility index (Phi) is 5.81. The van der Waals surface area contributed by atoms with Crippen molar-refractivity contribution in [2.45, 2.75) is 26.5 Å². The third-order valence-corrected chi connectivity index (χ3v) is 6.35. The van der Waals surface area contributed by atoms with Crippen LogP contribution in [-0.4, -0.2) is 33.3 Å². The quantitative estimate of drug-likeness (QED) is 0.444. The fourth-order valence-electron chi connectivity index (χ4n) is 4.21. The molecule has 2 heterocycles. The summed E-state index contributed by atoms with van der Waals surface area (Å²) < 4.78 is 5.50. The molecular weight excluding hydrogens is 454 g/mol. The van der Waals surface area contributed by atoms with Crippen molar-refractivity contribution in [1.29, 1.82) is 0 Å². The van der Waals surface area contributed by atoms with E-state index in [9.17, 15) is 14.7 Å². The standard InChI is InChI=1S/C26H22ClN3O4/c1-15-28-23-12-18(4-7-24(23)34-15)26(33)30-9-8-16-2-3-17(10-19(16)13-30)25(32)29-21-5-6-22(27)20(11-21)14-31/h2-7,10-12,31H,8-9,13-14H2,1H3,(H,29,32). The van der Waals surface area contributed by atoms with E-state index in [2.05, 4.69) is 10.3 Å². The van der Waals surface area contributed by atoms with Gasteiger partial charge in [0.2, 0.25) is 0 Å². The van der Waals surface area contributed by atoms with Gasteiger partial charge in [0, 0.05) is 41.9 Å². The minimum atomic E-state index is -0.274. The summed E-state index contributed by atoms with van der Waals surface area (Å²) in [6, 6.07) is 15.8. The van der Waals surface area contributed by atoms with Gasteiger partial charge < -0.3 is 19.7 Å². The van der Waals surface area contributed by atoms with Gasteiger partial charge in [-0.1, -0.05) is 17.7 Å². The number of aliphatic hydroxyl groups excluding tert-OH is 1. The number of carbonyl (C=O) groups is 2. The summed E-state index contributed by atoms with van der Waals surface area (Å²) in [7, 11) is 0. The molecule has 0 aliphatic carbocycles. The maximum atomic E-state index is 13.2. The molecule has 0 spiro atoms. The predicted molar refractivity (Wildman–Crippen MR) is 129 cm³/mol. The fourth-order valence-corrected chi connectivity index (χ4v) is 4.38. The summed E-state index contributed by atoms with van der Waals surface area (Å²) in [5, 5.41) is 12.7. The van der Waals surface area contributed by atoms with E-state index < -0.39 is 0 Å². The highest BCUT2D eigenvalue weighted by Gasteiger charge is 2.23. The van der Waals surface area contributed by atoms with E-state index >= 15 is 0 Å². The van der Waals surface area contributed by atoms with Crippen molar-refractivity contribution in [3.8, 4) is 0 Å². The van der Waals surface area contributed by atoms with Crippen molar-refractivity contribution < 1.29 is 19.1 Å². The summed E-state index contributed by atoms with van der Waals surface area (Å²) in [5.74, 6) is 0.202. The number of nitrogens with one attached hydrogen (secondary N) is 1. The molecule has 0 fully saturated rings. The average molecular weight is 476 g/mol. The molecule has 0 saturated heterocycles. The van der Waals surface area contributed by atoms with Crippen LogP contribution in [0.2, 0.25) is 5.02 Å². The van der Waals surface area contributed by atoms with Gasteiger partial charge in [0.05, 0.1) is 6.61 Å². The Morgan fingerprint density at radius 3 is 2.74 bits per heavy atom. The van der Waals surface area contributed by atoms with Gasteiger partial charge in [-0.15, -0.1) is 0 Å². The SMILES string of the molecule is Cc1nc2cc(C(=O)N3CCc4ccc(C(=O)Nc5ccc(Cl)c(CO)c5)cc4C3)ccc2o1. The first-order valence-electron chi connectivity index (χ1n) is 10.9. The third-order valence-electron chi connectivity index (χ3n) is 5.98. The van der Waals surface area contributed by atoms with E-state index in [1.54, 1.807) is 54.3 Å². The number of aliphatic hydroxyl groups is 1. The summed E-state index contributed by atoms with van der Waals surface area (Å²) >= 11 is 6.03. The molecule has 2 N–H and O–H groups in total. The van der Waals surface area contributed by atoms with Crippen LogP contribution in [0.3, 0.4) is 0 Å². The van der Waals surface area contributed by atoms with Crippen molar-refractivity contribution in [2.75, 3.05) is 11.9 Å². The maximum Gasteiger partial charge on any atom is 0.255 e. The number of halogens is 1. The number of oxazole rings is 1. The molecule has 34 heavy (non-hydrogen) atoms. The minimum Gasteiger partial charge on any atom is -0.441 e. The van der Waals surface area contributed by atoms with Crippen LogP contribution in [0.15, 0.2) is 59.0 Å². The number of anilines is 1. The number of hydrogen-bond acceptors (Lipinski definition) is 5. The van der Waals surface area contributed by atoms with Crippen LogP contribution in [-0.2, 0) is 19.6 Å². The zero-order valence-corrected chi connectivity index (χ0v) is 19.2. The number of rotatable bonds is 4. The van der Waals surface area contributed by atoms with Crippen molar-refractivity contribution in [1.82, 2.24) is 9.88 Å². The van der Waals surface area contributed by atoms with Crippen LogP contribution < -0.4 is 5.32 Å². The minimum absolute atomic E-state index is 0.0826. The van der Waals surface area contributed by atoms with Crippen LogP contribution in [0.4, 0.5) is 5.69 Å². The van der Waals surface area contributed by atoms with Crippen LogP contribution >= 0.6 is 11.6 Å². The highest BCUT2D eigenvalue weighted by Crippen LogP contribution is 2.25. The number of aryl methyl sites for hydroxylation is 1. The van der Waals surface area contributed by atoms with Gasteiger partial charge in [0.15, 0.2) is 11.5 Å². The van der Waals surface area contributed by atoms with Crippen LogP contribution in [0.5, 0.6) is 0 Å². The molecule has 1 aliphatic rings. The van der Waals surface area contributed by atoms with Gasteiger partial charge in [-0.3, -0.25) is 9.59 Å². The average Bonchev–Trinajstić information content (AvgIpc) is 3.23. The molecule has 0 radical (unpaired) electrons. The second-order valence-electron chi connectivity index (χ2n) is 8.29. The first kappa shape index (κ1) is 22.1. The Labute approximate surface area is 201 Å². The Bertz CT molecular complexity index is 1430. The van der Waals surface area contributed by atoms with Gasteiger partial charge in [-0.2, -0.15) is 0 Å². The first-order valence-corrected chi connectivity index (χ1v) is 11.3. The van der Waals surface area contributed by atoms with Crippen LogP contribution in [0, 0.1) is 6.92 Å². The summed E-state index contributed by atoms with van der Waals surface area (Å²) in [6.07, 6.45) is 0.714. The van der Waals surface area contributed by atoms with Crippen LogP contribution in [0.1, 0.15) is 43.3 Å². The highest BCUT2D eigenvalue weighted by atomic mass is 35.5. The number of amides is 2. The molecule has 7 nitrogen and oxygen atoms in total. The lowest BCUT2D eigenvalue weighted by atomic mass is 9.96. The highest BCUT2D eigenvalue weighted by molar-refractivity contribution is 6.31. The number of aromatic nitrogens is 1. The van der Waals surface area contributed by atoms with E-state index in [1.165, 1.54) is 0 Å². The Morgan fingerprint density at radius 1 is 1.09 bits per heavy atom. The van der Waals surface area contributed by atoms with E-state index in [0.29, 0.717) is 63.9 Å². The van der Waals surface area contributed by atoms with Gasteiger partial charge in [-0.25, -0.2) is 4.98 Å². The summed E-state index contributed by atoms with van der Waals surface area (Å²) in [4.78, 5) is 32.1. The van der Waals surface area contributed by atoms with Gasteiger partial charge in [0.25, 0.3) is 11.8 Å². The second kappa shape index (κ2) is 8.93. The van der Waals surface area contributed by atoms with E-state index in [0.717, 1.165) is 11.1 Å². The van der Waals surface area contributed by atoms with Crippen molar-refractivity contribution in [2.24, 2.45) is 0 Å². The number of benzene rings is 3. The lowest BCUT2D eigenvalue weighted by Gasteiger charge is -2.29. The van der Waals surface area contributed by atoms with Crippen molar-refractivity contribution in [3.05, 3.63) is 93.3 Å². The first-order chi connectivity index (χ1) is 16.4. The molecule has 172 valence electrons. The fraction of sp³-hybridized carbons (Fsp3) is 0.192. The Hall–Kier alpha value is -3.68. The summed E-state index contributed by atoms with van der Waals surface area (Å²) in [5.41, 5.74) is 5.51. The maximum absolute atomic E-state index is 13.2. The second-order valence-corrected chi connectivity index (χ2v) is 8.70. The number of hydrogen-bond donors (Lipinski definition) is 2. The van der Waals surface area contributed by atoms with E-state index in [4.69, 9.17) is 16.0 Å². The molecule has 0 atom stereocenters. The Morgan fingerprint density at radius 2 is 1.91 bits per heavy atom. The molecule has 0 unspecified atom stereocenters. The monoisotopic (exact) mass is 475 g/mol. The zero-order valence-electron chi connectivity index (χ0n) is 18.5. The molecule has 0 saturated carbocycles. The van der Waals surface area contributed by atoms with Crippen molar-refractivity contribution in [3.63, 3.8) is 0 Å². The smallest absolute Gasteiger partial charge is 0.255 e. The van der Waals surface area contributed by atoms with E-state index in [-0.39, 0.29) is 18.4 Å². The molecule has 1 aliphatic heterocycles. The molecule has 4 aromatic rings. The lowest BCUT2D eigenvalue weighted by Crippen LogP contribution is -2.36. The molecular formula is C26H22ClN3O4. The predicted octanol–water partition coefficient (Wildman–Crippen LogP) is 4.73. The van der Waals surface area contributed by atoms with Gasteiger partial charge in [0.1, 0.15) is 5.52 Å². The molecule has 8 heteroatoms. The molecule has 1 aromatic heterocycles. The van der Waals surface area contributed by atoms with E-state index in [1.807, 2.05) is 12.1 Å². The van der Waals surface area contributed by atoms with Gasteiger partial charge in [-0.05, 0) is 71.6 Å². The largest absolute Gasteiger partial charge is 0.441 e. The number of carbonyl (C=O) groups excluding carboxylic acids is 2. The molecule has 2 amide bonds. The molecule has 3 aromatic carbocycles. The molecule has 5 rings (SSSR count). The summed E-state index contributed by atoms with van der Waals surface area (Å²) in [6.45, 7) is 2.58. The normalized spacial score (nSPS) is 13.1.